The van der Waals surface area contributed by atoms with Gasteiger partial charge in [0.25, 0.3) is 0 Å². The summed E-state index contributed by atoms with van der Waals surface area (Å²) in [6.07, 6.45) is 1.28. The molecule has 0 amide bonds. The van der Waals surface area contributed by atoms with Crippen molar-refractivity contribution in [1.29, 1.82) is 0 Å². The lowest BCUT2D eigenvalue weighted by Crippen LogP contribution is -2.51. The Morgan fingerprint density at radius 1 is 1.36 bits per heavy atom. The van der Waals surface area contributed by atoms with E-state index in [4.69, 9.17) is 18.9 Å². The zero-order chi connectivity index (χ0) is 17.3. The van der Waals surface area contributed by atoms with Crippen LogP contribution in [0.1, 0.15) is 28.3 Å². The molecule has 0 radical (unpaired) electrons. The lowest BCUT2D eigenvalue weighted by atomic mass is 9.73. The van der Waals surface area contributed by atoms with Gasteiger partial charge in [-0.15, -0.1) is 0 Å². The van der Waals surface area contributed by atoms with Gasteiger partial charge in [0.05, 0.1) is 12.7 Å². The fourth-order valence-electron chi connectivity index (χ4n) is 4.65. The number of likely N-dealkylation sites (tertiary alicyclic amines) is 1. The van der Waals surface area contributed by atoms with Crippen molar-refractivity contribution in [3.05, 3.63) is 28.8 Å². The molecule has 7 heteroatoms. The SMILES string of the molecule is COc1c2c(cc3c1C1C(OC3=O)C(O)C=C3CCN(C)C31)OCO2. The van der Waals surface area contributed by atoms with Crippen molar-refractivity contribution in [2.24, 2.45) is 0 Å². The van der Waals surface area contributed by atoms with Crippen LogP contribution in [0, 0.1) is 0 Å². The number of benzene rings is 1. The molecule has 3 aliphatic heterocycles. The van der Waals surface area contributed by atoms with Gasteiger partial charge in [-0.1, -0.05) is 11.6 Å². The number of rotatable bonds is 1. The summed E-state index contributed by atoms with van der Waals surface area (Å²) < 4.78 is 22.3. The number of carbonyl (C=O) groups is 1. The normalized spacial score (nSPS) is 32.4. The molecular formula is C18H19NO6. The standard InChI is InChI=1S/C18H19NO6/c1-19-4-3-8-5-10(20)15-13(14(8)19)12-9(18(21)25-15)6-11-16(17(12)22-2)24-7-23-11/h5-6,10,13-15,20H,3-4,7H2,1-2H3. The van der Waals surface area contributed by atoms with Gasteiger partial charge in [0, 0.05) is 24.1 Å². The summed E-state index contributed by atoms with van der Waals surface area (Å²) in [6, 6.07) is 1.73. The van der Waals surface area contributed by atoms with Gasteiger partial charge in [-0.3, -0.25) is 4.90 Å². The van der Waals surface area contributed by atoms with Gasteiger partial charge in [-0.25, -0.2) is 4.79 Å². The Morgan fingerprint density at radius 2 is 2.20 bits per heavy atom. The molecule has 0 saturated carbocycles. The molecule has 0 spiro atoms. The maximum atomic E-state index is 12.6. The van der Waals surface area contributed by atoms with Crippen LogP contribution in [0.15, 0.2) is 17.7 Å². The number of carbonyl (C=O) groups excluding carboxylic acids is 1. The Balaban J connectivity index is 1.77. The first-order chi connectivity index (χ1) is 12.1. The Bertz CT molecular complexity index is 803. The van der Waals surface area contributed by atoms with Crippen LogP contribution in [-0.4, -0.2) is 61.7 Å². The molecule has 132 valence electrons. The molecule has 4 aliphatic rings. The van der Waals surface area contributed by atoms with Crippen molar-refractivity contribution in [2.45, 2.75) is 30.6 Å². The smallest absolute Gasteiger partial charge is 0.339 e. The third-order valence-corrected chi connectivity index (χ3v) is 5.68. The van der Waals surface area contributed by atoms with E-state index in [2.05, 4.69) is 11.9 Å². The molecule has 1 N–H and O–H groups in total. The Labute approximate surface area is 144 Å². The zero-order valence-electron chi connectivity index (χ0n) is 14.0. The Morgan fingerprint density at radius 3 is 3.00 bits per heavy atom. The average Bonchev–Trinajstić information content (AvgIpc) is 3.20. The molecule has 0 aromatic heterocycles. The number of fused-ring (bicyclic) bond motifs is 6. The van der Waals surface area contributed by atoms with E-state index in [1.54, 1.807) is 13.2 Å². The first-order valence-corrected chi connectivity index (χ1v) is 8.40. The Hall–Kier alpha value is -2.25. The van der Waals surface area contributed by atoms with Gasteiger partial charge >= 0.3 is 5.97 Å². The fraction of sp³-hybridized carbons (Fsp3) is 0.500. The van der Waals surface area contributed by atoms with E-state index in [0.717, 1.165) is 18.5 Å². The molecule has 7 nitrogen and oxygen atoms in total. The Kier molecular flexibility index (Phi) is 3.08. The van der Waals surface area contributed by atoms with Crippen LogP contribution < -0.4 is 14.2 Å². The molecule has 0 bridgehead atoms. The number of ether oxygens (including phenoxy) is 4. The molecule has 3 heterocycles. The van der Waals surface area contributed by atoms with Crippen LogP contribution in [0.4, 0.5) is 0 Å². The highest BCUT2D eigenvalue weighted by Gasteiger charge is 2.52. The summed E-state index contributed by atoms with van der Waals surface area (Å²) in [5.41, 5.74) is 2.35. The van der Waals surface area contributed by atoms with E-state index in [0.29, 0.717) is 22.8 Å². The van der Waals surface area contributed by atoms with E-state index in [9.17, 15) is 9.90 Å². The molecule has 25 heavy (non-hydrogen) atoms. The summed E-state index contributed by atoms with van der Waals surface area (Å²) in [5, 5.41) is 10.6. The van der Waals surface area contributed by atoms with Gasteiger partial charge < -0.3 is 24.1 Å². The third kappa shape index (κ3) is 1.90. The second kappa shape index (κ2) is 5.12. The van der Waals surface area contributed by atoms with Gasteiger partial charge in [-0.2, -0.15) is 0 Å². The summed E-state index contributed by atoms with van der Waals surface area (Å²) >= 11 is 0. The van der Waals surface area contributed by atoms with Crippen molar-refractivity contribution < 1.29 is 28.8 Å². The number of hydrogen-bond donors (Lipinski definition) is 1. The minimum atomic E-state index is -0.824. The number of hydrogen-bond acceptors (Lipinski definition) is 7. The predicted octanol–water partition coefficient (Wildman–Crippen LogP) is 1.05. The van der Waals surface area contributed by atoms with Gasteiger partial charge in [0.2, 0.25) is 12.5 Å². The number of aliphatic hydroxyl groups is 1. The quantitative estimate of drug-likeness (QED) is 0.602. The minimum Gasteiger partial charge on any atom is -0.492 e. The van der Waals surface area contributed by atoms with Crippen LogP contribution in [-0.2, 0) is 4.74 Å². The number of likely N-dealkylation sites (N-methyl/N-ethyl adjacent to an activating group) is 1. The van der Waals surface area contributed by atoms with Crippen LogP contribution in [0.25, 0.3) is 0 Å². The molecule has 4 atom stereocenters. The van der Waals surface area contributed by atoms with E-state index < -0.39 is 18.2 Å². The second-order valence-corrected chi connectivity index (χ2v) is 6.91. The molecule has 1 aromatic rings. The maximum absolute atomic E-state index is 12.6. The minimum absolute atomic E-state index is 0.0644. The van der Waals surface area contributed by atoms with Crippen molar-refractivity contribution in [1.82, 2.24) is 4.90 Å². The molecule has 1 aliphatic carbocycles. The molecule has 1 saturated heterocycles. The van der Waals surface area contributed by atoms with Crippen molar-refractivity contribution >= 4 is 5.97 Å². The molecular weight excluding hydrogens is 326 g/mol. The summed E-state index contributed by atoms with van der Waals surface area (Å²) in [7, 11) is 3.61. The molecule has 1 aromatic carbocycles. The van der Waals surface area contributed by atoms with E-state index in [-0.39, 0.29) is 18.8 Å². The third-order valence-electron chi connectivity index (χ3n) is 5.68. The summed E-state index contributed by atoms with van der Waals surface area (Å²) in [5.74, 6) is 0.827. The van der Waals surface area contributed by atoms with Gasteiger partial charge in [-0.05, 0) is 19.5 Å². The van der Waals surface area contributed by atoms with Crippen LogP contribution in [0.3, 0.4) is 0 Å². The summed E-state index contributed by atoms with van der Waals surface area (Å²) in [4.78, 5) is 14.8. The number of methoxy groups -OCH3 is 1. The maximum Gasteiger partial charge on any atom is 0.339 e. The first kappa shape index (κ1) is 15.0. The number of aliphatic hydroxyl groups excluding tert-OH is 1. The van der Waals surface area contributed by atoms with E-state index in [1.165, 1.54) is 5.57 Å². The van der Waals surface area contributed by atoms with Crippen LogP contribution in [0.2, 0.25) is 0 Å². The van der Waals surface area contributed by atoms with E-state index >= 15 is 0 Å². The highest BCUT2D eigenvalue weighted by atomic mass is 16.7. The monoisotopic (exact) mass is 345 g/mol. The summed E-state index contributed by atoms with van der Waals surface area (Å²) in [6.45, 7) is 0.997. The zero-order valence-corrected chi connectivity index (χ0v) is 14.0. The second-order valence-electron chi connectivity index (χ2n) is 6.91. The average molecular weight is 345 g/mol. The largest absolute Gasteiger partial charge is 0.492 e. The van der Waals surface area contributed by atoms with E-state index in [1.807, 2.05) is 6.08 Å². The fourth-order valence-corrected chi connectivity index (χ4v) is 4.65. The lowest BCUT2D eigenvalue weighted by Gasteiger charge is -2.44. The highest BCUT2D eigenvalue weighted by Crippen LogP contribution is 2.54. The van der Waals surface area contributed by atoms with Crippen molar-refractivity contribution in [3.63, 3.8) is 0 Å². The van der Waals surface area contributed by atoms with Crippen molar-refractivity contribution in [2.75, 3.05) is 27.5 Å². The predicted molar refractivity (Wildman–Crippen MR) is 86.2 cm³/mol. The highest BCUT2D eigenvalue weighted by molar-refractivity contribution is 5.95. The number of esters is 1. The van der Waals surface area contributed by atoms with Gasteiger partial charge in [0.1, 0.15) is 12.2 Å². The topological polar surface area (TPSA) is 77.5 Å². The van der Waals surface area contributed by atoms with Crippen molar-refractivity contribution in [3.8, 4) is 17.2 Å². The first-order valence-electron chi connectivity index (χ1n) is 8.40. The van der Waals surface area contributed by atoms with Gasteiger partial charge in [0.15, 0.2) is 11.5 Å². The van der Waals surface area contributed by atoms with Crippen LogP contribution in [0.5, 0.6) is 17.2 Å². The lowest BCUT2D eigenvalue weighted by molar-refractivity contribution is -0.0341. The number of nitrogens with zero attached hydrogens (tertiary/aromatic N) is 1. The molecule has 1 fully saturated rings. The van der Waals surface area contributed by atoms with Crippen LogP contribution >= 0.6 is 0 Å². The molecule has 4 unspecified atom stereocenters. The molecule has 5 rings (SSSR count).